The van der Waals surface area contributed by atoms with Crippen LogP contribution in [0.1, 0.15) is 35.7 Å². The first-order chi connectivity index (χ1) is 9.26. The number of fused-ring (bicyclic) bond motifs is 1. The van der Waals surface area contributed by atoms with Crippen molar-refractivity contribution in [3.8, 4) is 0 Å². The van der Waals surface area contributed by atoms with Gasteiger partial charge in [0.1, 0.15) is 5.82 Å². The molecule has 0 saturated heterocycles. The van der Waals surface area contributed by atoms with Crippen molar-refractivity contribution in [2.45, 2.75) is 39.2 Å². The fraction of sp³-hybridized carbons (Fsp3) is 0.500. The molecule has 0 fully saturated rings. The van der Waals surface area contributed by atoms with Gasteiger partial charge in [-0.3, -0.25) is 0 Å². The number of imidazole rings is 1. The quantitative estimate of drug-likeness (QED) is 0.913. The van der Waals surface area contributed by atoms with Gasteiger partial charge >= 0.3 is 0 Å². The molecule has 2 heterocycles. The monoisotopic (exact) mass is 257 g/mol. The molecule has 5 heteroatoms. The molecule has 5 nitrogen and oxygen atoms in total. The van der Waals surface area contributed by atoms with Crippen LogP contribution >= 0.6 is 0 Å². The fourth-order valence-corrected chi connectivity index (χ4v) is 2.65. The van der Waals surface area contributed by atoms with Crippen LogP contribution in [0.4, 0.5) is 5.82 Å². The van der Waals surface area contributed by atoms with Gasteiger partial charge < -0.3 is 9.88 Å². The Morgan fingerprint density at radius 3 is 2.95 bits per heavy atom. The zero-order valence-electron chi connectivity index (χ0n) is 11.5. The smallest absolute Gasteiger partial charge is 0.150 e. The maximum Gasteiger partial charge on any atom is 0.150 e. The van der Waals surface area contributed by atoms with Gasteiger partial charge in [-0.15, -0.1) is 0 Å². The summed E-state index contributed by atoms with van der Waals surface area (Å²) in [5, 5.41) is 3.07. The third-order valence-corrected chi connectivity index (χ3v) is 3.58. The predicted molar refractivity (Wildman–Crippen MR) is 74.3 cm³/mol. The molecule has 0 aromatic carbocycles. The molecule has 0 unspecified atom stereocenters. The van der Waals surface area contributed by atoms with E-state index in [4.69, 9.17) is 0 Å². The second kappa shape index (κ2) is 4.99. The minimum Gasteiger partial charge on any atom is -0.373 e. The summed E-state index contributed by atoms with van der Waals surface area (Å²) in [6.07, 6.45) is 6.68. The highest BCUT2D eigenvalue weighted by molar-refractivity contribution is 5.34. The average molecular weight is 257 g/mol. The minimum absolute atomic E-state index is 0.707. The summed E-state index contributed by atoms with van der Waals surface area (Å²) in [4.78, 5) is 13.5. The van der Waals surface area contributed by atoms with Crippen LogP contribution in [0.25, 0.3) is 0 Å². The van der Waals surface area contributed by atoms with Crippen LogP contribution in [-0.2, 0) is 19.4 Å². The summed E-state index contributed by atoms with van der Waals surface area (Å²) in [5.74, 6) is 1.71. The molecular weight excluding hydrogens is 238 g/mol. The van der Waals surface area contributed by atoms with Gasteiger partial charge in [0, 0.05) is 24.5 Å². The lowest BCUT2D eigenvalue weighted by atomic mass is 10.0. The number of aryl methyl sites for hydroxylation is 2. The van der Waals surface area contributed by atoms with E-state index >= 15 is 0 Å². The highest BCUT2D eigenvalue weighted by atomic mass is 15.1. The van der Waals surface area contributed by atoms with E-state index in [0.717, 1.165) is 30.2 Å². The van der Waals surface area contributed by atoms with Crippen LogP contribution in [0.2, 0.25) is 0 Å². The maximum atomic E-state index is 4.51. The zero-order chi connectivity index (χ0) is 13.2. The molecule has 1 aliphatic carbocycles. The number of rotatable bonds is 3. The number of hydrogen-bond acceptors (Lipinski definition) is 4. The van der Waals surface area contributed by atoms with Crippen molar-refractivity contribution in [1.29, 1.82) is 0 Å². The van der Waals surface area contributed by atoms with Crippen molar-refractivity contribution >= 4 is 5.82 Å². The van der Waals surface area contributed by atoms with Crippen LogP contribution in [0, 0.1) is 6.92 Å². The summed E-state index contributed by atoms with van der Waals surface area (Å²) in [6.45, 7) is 2.70. The molecule has 1 aliphatic rings. The SMILES string of the molecule is CNc1cc(C)nc(Cn2cnc3c2CCCC3)n1. The van der Waals surface area contributed by atoms with Crippen molar-refractivity contribution in [3.63, 3.8) is 0 Å². The Hall–Kier alpha value is -1.91. The first-order valence-corrected chi connectivity index (χ1v) is 6.81. The lowest BCUT2D eigenvalue weighted by Gasteiger charge is -2.14. The highest BCUT2D eigenvalue weighted by Gasteiger charge is 2.15. The van der Waals surface area contributed by atoms with Gasteiger partial charge in [-0.1, -0.05) is 0 Å². The van der Waals surface area contributed by atoms with Gasteiger partial charge in [0.25, 0.3) is 0 Å². The maximum absolute atomic E-state index is 4.51. The van der Waals surface area contributed by atoms with E-state index in [-0.39, 0.29) is 0 Å². The lowest BCUT2D eigenvalue weighted by molar-refractivity contribution is 0.619. The second-order valence-electron chi connectivity index (χ2n) is 5.03. The Kier molecular flexibility index (Phi) is 3.19. The number of aromatic nitrogens is 4. The molecule has 1 N–H and O–H groups in total. The predicted octanol–water partition coefficient (Wildman–Crippen LogP) is 1.95. The van der Waals surface area contributed by atoms with Gasteiger partial charge in [-0.2, -0.15) is 0 Å². The summed E-state index contributed by atoms with van der Waals surface area (Å²) in [6, 6.07) is 1.95. The second-order valence-corrected chi connectivity index (χ2v) is 5.03. The summed E-state index contributed by atoms with van der Waals surface area (Å²) >= 11 is 0. The van der Waals surface area contributed by atoms with E-state index < -0.39 is 0 Å². The van der Waals surface area contributed by atoms with Crippen molar-refractivity contribution in [1.82, 2.24) is 19.5 Å². The van der Waals surface area contributed by atoms with E-state index in [1.807, 2.05) is 26.4 Å². The van der Waals surface area contributed by atoms with E-state index in [1.54, 1.807) is 0 Å². The molecule has 0 spiro atoms. The molecule has 0 bridgehead atoms. The van der Waals surface area contributed by atoms with Gasteiger partial charge in [0.2, 0.25) is 0 Å². The third-order valence-electron chi connectivity index (χ3n) is 3.58. The van der Waals surface area contributed by atoms with E-state index in [0.29, 0.717) is 6.54 Å². The van der Waals surface area contributed by atoms with Crippen LogP contribution in [0.5, 0.6) is 0 Å². The van der Waals surface area contributed by atoms with Crippen LogP contribution in [0.15, 0.2) is 12.4 Å². The number of nitrogens with one attached hydrogen (secondary N) is 1. The first kappa shape index (κ1) is 12.1. The fourth-order valence-electron chi connectivity index (χ4n) is 2.65. The van der Waals surface area contributed by atoms with Gasteiger partial charge in [0.05, 0.1) is 18.6 Å². The molecule has 3 rings (SSSR count). The number of nitrogens with zero attached hydrogens (tertiary/aromatic N) is 4. The molecule has 100 valence electrons. The first-order valence-electron chi connectivity index (χ1n) is 6.81. The van der Waals surface area contributed by atoms with E-state index in [2.05, 4.69) is 24.8 Å². The van der Waals surface area contributed by atoms with E-state index in [1.165, 1.54) is 24.2 Å². The normalized spacial score (nSPS) is 14.2. The molecule has 0 atom stereocenters. The molecule has 2 aromatic rings. The standard InChI is InChI=1S/C14H19N5/c1-10-7-13(15-2)18-14(17-10)8-19-9-16-11-5-3-4-6-12(11)19/h7,9H,3-6,8H2,1-2H3,(H,15,17,18). The summed E-state index contributed by atoms with van der Waals surface area (Å²) in [5.41, 5.74) is 3.61. The zero-order valence-corrected chi connectivity index (χ0v) is 11.5. The molecule has 0 aliphatic heterocycles. The number of hydrogen-bond donors (Lipinski definition) is 1. The number of anilines is 1. The molecule has 0 radical (unpaired) electrons. The average Bonchev–Trinajstić information content (AvgIpc) is 2.82. The molecule has 2 aromatic heterocycles. The minimum atomic E-state index is 0.707. The topological polar surface area (TPSA) is 55.6 Å². The third kappa shape index (κ3) is 2.45. The Morgan fingerprint density at radius 2 is 2.11 bits per heavy atom. The van der Waals surface area contributed by atoms with Gasteiger partial charge in [-0.25, -0.2) is 15.0 Å². The van der Waals surface area contributed by atoms with Crippen LogP contribution in [-0.4, -0.2) is 26.6 Å². The lowest BCUT2D eigenvalue weighted by Crippen LogP contribution is -2.11. The van der Waals surface area contributed by atoms with Crippen molar-refractivity contribution in [2.24, 2.45) is 0 Å². The Labute approximate surface area is 113 Å². The van der Waals surface area contributed by atoms with Crippen LogP contribution < -0.4 is 5.32 Å². The van der Waals surface area contributed by atoms with Crippen molar-refractivity contribution in [2.75, 3.05) is 12.4 Å². The summed E-state index contributed by atoms with van der Waals surface area (Å²) < 4.78 is 2.20. The molecular formula is C14H19N5. The van der Waals surface area contributed by atoms with Gasteiger partial charge in [-0.05, 0) is 32.6 Å². The summed E-state index contributed by atoms with van der Waals surface area (Å²) in [7, 11) is 1.88. The van der Waals surface area contributed by atoms with Crippen LogP contribution in [0.3, 0.4) is 0 Å². The largest absolute Gasteiger partial charge is 0.373 e. The Bertz CT molecular complexity index is 588. The van der Waals surface area contributed by atoms with Crippen molar-refractivity contribution < 1.29 is 0 Å². The molecule has 19 heavy (non-hydrogen) atoms. The van der Waals surface area contributed by atoms with Gasteiger partial charge in [0.15, 0.2) is 5.82 Å². The Morgan fingerprint density at radius 1 is 1.26 bits per heavy atom. The van der Waals surface area contributed by atoms with Crippen molar-refractivity contribution in [3.05, 3.63) is 35.3 Å². The molecule has 0 amide bonds. The van der Waals surface area contributed by atoms with E-state index in [9.17, 15) is 0 Å². The Balaban J connectivity index is 1.89. The highest BCUT2D eigenvalue weighted by Crippen LogP contribution is 2.20. The molecule has 0 saturated carbocycles.